The van der Waals surface area contributed by atoms with Crippen LogP contribution in [0.3, 0.4) is 0 Å². The maximum atomic E-state index is 12.9. The quantitative estimate of drug-likeness (QED) is 0.0261. The second kappa shape index (κ2) is 70.3. The summed E-state index contributed by atoms with van der Waals surface area (Å²) >= 11 is 0. The highest BCUT2D eigenvalue weighted by Gasteiger charge is 2.19. The van der Waals surface area contributed by atoms with Crippen molar-refractivity contribution in [3.63, 3.8) is 0 Å². The summed E-state index contributed by atoms with van der Waals surface area (Å²) in [6.45, 7) is 6.44. The minimum atomic E-state index is -0.827. The second-order valence-electron chi connectivity index (χ2n) is 23.1. The van der Waals surface area contributed by atoms with Crippen molar-refractivity contribution in [1.82, 2.24) is 0 Å². The lowest BCUT2D eigenvalue weighted by atomic mass is 10.0. The summed E-state index contributed by atoms with van der Waals surface area (Å²) < 4.78 is 16.9. The molecule has 6 nitrogen and oxygen atoms in total. The number of allylic oxidation sites excluding steroid dienone is 19. The van der Waals surface area contributed by atoms with Crippen LogP contribution >= 0.6 is 0 Å². The zero-order valence-corrected chi connectivity index (χ0v) is 54.4. The monoisotopic (exact) mass is 1150 g/mol. The third-order valence-electron chi connectivity index (χ3n) is 15.0. The topological polar surface area (TPSA) is 78.9 Å². The molecule has 0 N–H and O–H groups in total. The Balaban J connectivity index is 4.38. The zero-order valence-electron chi connectivity index (χ0n) is 54.4. The molecule has 0 amide bonds. The van der Waals surface area contributed by atoms with Crippen molar-refractivity contribution in [2.75, 3.05) is 13.2 Å². The first-order chi connectivity index (χ1) is 41.0. The van der Waals surface area contributed by atoms with E-state index in [9.17, 15) is 14.4 Å². The van der Waals surface area contributed by atoms with E-state index in [0.717, 1.165) is 96.3 Å². The van der Waals surface area contributed by atoms with Gasteiger partial charge in [0.05, 0.1) is 6.42 Å². The maximum Gasteiger partial charge on any atom is 0.309 e. The summed E-state index contributed by atoms with van der Waals surface area (Å²) in [5.41, 5.74) is 0. The van der Waals surface area contributed by atoms with Gasteiger partial charge in [0.15, 0.2) is 6.10 Å². The highest BCUT2D eigenvalue weighted by atomic mass is 16.6. The Bertz CT molecular complexity index is 1700. The number of unbranched alkanes of at least 4 members (excludes halogenated alkanes) is 33. The average Bonchev–Trinajstić information content (AvgIpc) is 3.49. The molecule has 0 aromatic carbocycles. The predicted molar refractivity (Wildman–Crippen MR) is 362 cm³/mol. The molecule has 0 radical (unpaired) electrons. The third-order valence-corrected chi connectivity index (χ3v) is 15.0. The molecule has 0 aromatic heterocycles. The van der Waals surface area contributed by atoms with Gasteiger partial charge in [0, 0.05) is 12.8 Å². The lowest BCUT2D eigenvalue weighted by Crippen LogP contribution is -2.30. The van der Waals surface area contributed by atoms with Gasteiger partial charge in [-0.25, -0.2) is 0 Å². The maximum absolute atomic E-state index is 12.9. The summed E-state index contributed by atoms with van der Waals surface area (Å²) in [7, 11) is 0. The smallest absolute Gasteiger partial charge is 0.309 e. The SMILES string of the molecule is CC/C=C\C/C=C\C/C=C\C/C=C\C/C=C\CC(=O)OCC(COC(=O)CCCCCCCCCCCCCCCCC/C=C\C/C=C\CCCCCCC)OC(=O)CCCCCCCCCC/C=C\C/C=C\C/C=C\CCCCCCC. The number of carbonyl (C=O) groups is 3. The van der Waals surface area contributed by atoms with E-state index >= 15 is 0 Å². The first-order valence-corrected chi connectivity index (χ1v) is 35.0. The number of esters is 3. The van der Waals surface area contributed by atoms with Crippen LogP contribution in [0.4, 0.5) is 0 Å². The molecule has 0 spiro atoms. The molecule has 0 aliphatic rings. The predicted octanol–water partition coefficient (Wildman–Crippen LogP) is 24.3. The van der Waals surface area contributed by atoms with Gasteiger partial charge in [-0.2, -0.15) is 0 Å². The minimum absolute atomic E-state index is 0.112. The fraction of sp³-hybridized carbons (Fsp3) is 0.701. The molecule has 0 fully saturated rings. The fourth-order valence-corrected chi connectivity index (χ4v) is 9.73. The van der Waals surface area contributed by atoms with Crippen molar-refractivity contribution in [1.29, 1.82) is 0 Å². The van der Waals surface area contributed by atoms with Crippen molar-refractivity contribution in [3.8, 4) is 0 Å². The molecule has 0 aromatic rings. The van der Waals surface area contributed by atoms with Gasteiger partial charge in [0.25, 0.3) is 0 Å². The van der Waals surface area contributed by atoms with Gasteiger partial charge in [0.2, 0.25) is 0 Å². The van der Waals surface area contributed by atoms with Gasteiger partial charge in [-0.1, -0.05) is 316 Å². The van der Waals surface area contributed by atoms with Gasteiger partial charge >= 0.3 is 17.9 Å². The molecule has 0 aliphatic carbocycles. The second-order valence-corrected chi connectivity index (χ2v) is 23.1. The molecule has 0 rings (SSSR count). The lowest BCUT2D eigenvalue weighted by Gasteiger charge is -2.18. The standard InChI is InChI=1S/C77H130O6/c1-4-7-10-13-16-19-22-25-28-30-32-34-36-37-38-39-41-42-44-46-49-52-55-58-61-64-67-70-76(79)82-73-74(72-81-75(78)69-66-63-60-57-54-51-48-27-24-21-18-15-12-9-6-3)83-77(80)71-68-65-62-59-56-53-50-47-45-43-40-35-33-31-29-26-23-20-17-14-11-8-5-2/h9,12,18,21-23,25-27,30-33,40,43,48,54,57,63,66,74H,4-8,10-11,13-17,19-20,24,28-29,34-39,41-42,44-47,49-53,55-56,58-62,64-65,67-73H2,1-3H3/b12-9-,21-18-,25-22-,26-23-,32-30-,33-31-,43-40-,48-27-,57-54-,66-63-. The first kappa shape index (κ1) is 78.8. The number of rotatable bonds is 63. The van der Waals surface area contributed by atoms with Gasteiger partial charge in [-0.3, -0.25) is 14.4 Å². The largest absolute Gasteiger partial charge is 0.462 e. The van der Waals surface area contributed by atoms with E-state index in [0.29, 0.717) is 12.8 Å². The molecule has 0 bridgehead atoms. The van der Waals surface area contributed by atoms with Crippen LogP contribution in [0.25, 0.3) is 0 Å². The molecule has 1 unspecified atom stereocenters. The minimum Gasteiger partial charge on any atom is -0.462 e. The number of hydrogen-bond acceptors (Lipinski definition) is 6. The van der Waals surface area contributed by atoms with Crippen LogP contribution < -0.4 is 0 Å². The van der Waals surface area contributed by atoms with Crippen LogP contribution in [0.1, 0.15) is 329 Å². The highest BCUT2D eigenvalue weighted by Crippen LogP contribution is 2.17. The van der Waals surface area contributed by atoms with Crippen molar-refractivity contribution in [2.45, 2.75) is 335 Å². The molecule has 0 heterocycles. The van der Waals surface area contributed by atoms with E-state index in [2.05, 4.69) is 130 Å². The van der Waals surface area contributed by atoms with Crippen LogP contribution in [0.15, 0.2) is 122 Å². The average molecular weight is 1150 g/mol. The Labute approximate surface area is 513 Å². The summed E-state index contributed by atoms with van der Waals surface area (Å²) in [4.78, 5) is 38.4. The zero-order chi connectivity index (χ0) is 59.9. The summed E-state index contributed by atoms with van der Waals surface area (Å²) in [5, 5.41) is 0. The van der Waals surface area contributed by atoms with E-state index in [1.807, 2.05) is 6.08 Å². The molecule has 0 saturated carbocycles. The molecule has 83 heavy (non-hydrogen) atoms. The van der Waals surface area contributed by atoms with Gasteiger partial charge in [0.1, 0.15) is 13.2 Å². The van der Waals surface area contributed by atoms with E-state index in [4.69, 9.17) is 14.2 Å². The summed E-state index contributed by atoms with van der Waals surface area (Å²) in [5.74, 6) is -1.04. The first-order valence-electron chi connectivity index (χ1n) is 35.0. The van der Waals surface area contributed by atoms with Crippen molar-refractivity contribution >= 4 is 17.9 Å². The highest BCUT2D eigenvalue weighted by molar-refractivity contribution is 5.72. The van der Waals surface area contributed by atoms with Gasteiger partial charge in [-0.15, -0.1) is 0 Å². The fourth-order valence-electron chi connectivity index (χ4n) is 9.73. The molecule has 6 heteroatoms. The van der Waals surface area contributed by atoms with Gasteiger partial charge < -0.3 is 14.2 Å². The molecule has 0 aliphatic heterocycles. The Hall–Kier alpha value is -4.19. The third kappa shape index (κ3) is 68.5. The normalized spacial score (nSPS) is 12.9. The summed E-state index contributed by atoms with van der Waals surface area (Å²) in [6, 6.07) is 0. The Morgan fingerprint density at radius 3 is 0.843 bits per heavy atom. The van der Waals surface area contributed by atoms with Crippen molar-refractivity contribution < 1.29 is 28.6 Å². The molecular formula is C77H130O6. The van der Waals surface area contributed by atoms with Crippen LogP contribution in [0.2, 0.25) is 0 Å². The van der Waals surface area contributed by atoms with E-state index in [1.165, 1.54) is 193 Å². The Morgan fingerprint density at radius 1 is 0.265 bits per heavy atom. The molecular weight excluding hydrogens is 1020 g/mol. The molecule has 1 atom stereocenters. The van der Waals surface area contributed by atoms with Crippen LogP contribution in [0.5, 0.6) is 0 Å². The van der Waals surface area contributed by atoms with Crippen molar-refractivity contribution in [3.05, 3.63) is 122 Å². The van der Waals surface area contributed by atoms with E-state index in [-0.39, 0.29) is 31.6 Å². The van der Waals surface area contributed by atoms with Crippen molar-refractivity contribution in [2.24, 2.45) is 0 Å². The molecule has 474 valence electrons. The summed E-state index contributed by atoms with van der Waals surface area (Å²) in [6.07, 6.45) is 98.2. The Kier molecular flexibility index (Phi) is 66.7. The van der Waals surface area contributed by atoms with E-state index < -0.39 is 12.1 Å². The van der Waals surface area contributed by atoms with E-state index in [1.54, 1.807) is 6.08 Å². The van der Waals surface area contributed by atoms with Gasteiger partial charge in [-0.05, 0) is 116 Å². The van der Waals surface area contributed by atoms with Crippen LogP contribution in [0, 0.1) is 0 Å². The van der Waals surface area contributed by atoms with Crippen LogP contribution in [-0.4, -0.2) is 37.2 Å². The Morgan fingerprint density at radius 2 is 0.518 bits per heavy atom. The molecule has 0 saturated heterocycles. The number of ether oxygens (including phenoxy) is 3. The number of carbonyl (C=O) groups excluding carboxylic acids is 3. The number of hydrogen-bond donors (Lipinski definition) is 0. The lowest BCUT2D eigenvalue weighted by molar-refractivity contribution is -0.166. The van der Waals surface area contributed by atoms with Crippen LogP contribution in [-0.2, 0) is 28.6 Å².